The molecule has 3 unspecified atom stereocenters. The number of hydrogen-bond acceptors (Lipinski definition) is 2. The van der Waals surface area contributed by atoms with E-state index >= 15 is 0 Å². The minimum Gasteiger partial charge on any atom is -0.301 e. The van der Waals surface area contributed by atoms with Crippen LogP contribution in [0.5, 0.6) is 0 Å². The van der Waals surface area contributed by atoms with Crippen LogP contribution in [0.4, 0.5) is 0 Å². The Hall–Kier alpha value is -0.0800. The smallest absolute Gasteiger partial charge is 0.0246 e. The van der Waals surface area contributed by atoms with Crippen LogP contribution in [0.2, 0.25) is 0 Å². The Bertz CT molecular complexity index is 215. The molecule has 0 N–H and O–H groups in total. The molecule has 1 rings (SSSR count). The summed E-state index contributed by atoms with van der Waals surface area (Å²) in [6.45, 7) is 15.5. The molecule has 0 aromatic heterocycles. The Balaban J connectivity index is 2.53. The van der Waals surface area contributed by atoms with Crippen LogP contribution in [0, 0.1) is 11.8 Å². The molecule has 0 aliphatic carbocycles. The summed E-state index contributed by atoms with van der Waals surface area (Å²) in [5.74, 6) is 1.68. The summed E-state index contributed by atoms with van der Waals surface area (Å²) in [7, 11) is 2.30. The molecular formula is C15H32N2. The summed E-state index contributed by atoms with van der Waals surface area (Å²) in [6, 6.07) is 1.45. The molecule has 0 spiro atoms. The average Bonchev–Trinajstić information content (AvgIpc) is 2.28. The zero-order valence-electron chi connectivity index (χ0n) is 12.7. The molecule has 0 bridgehead atoms. The van der Waals surface area contributed by atoms with Crippen LogP contribution in [0.1, 0.15) is 47.5 Å². The number of piperazine rings is 1. The fourth-order valence-corrected chi connectivity index (χ4v) is 2.96. The molecule has 1 aliphatic heterocycles. The van der Waals surface area contributed by atoms with E-state index in [-0.39, 0.29) is 0 Å². The Morgan fingerprint density at radius 2 is 1.76 bits per heavy atom. The summed E-state index contributed by atoms with van der Waals surface area (Å²) < 4.78 is 0. The standard InChI is InChI=1S/C15H32N2/c1-7-13(4)10-14(5)15-11-17(12(2)3)9-8-16(15)6/h12-15H,7-11H2,1-6H3. The second kappa shape index (κ2) is 6.75. The van der Waals surface area contributed by atoms with Crippen molar-refractivity contribution in [1.29, 1.82) is 0 Å². The van der Waals surface area contributed by atoms with E-state index in [2.05, 4.69) is 51.5 Å². The van der Waals surface area contributed by atoms with Crippen LogP contribution < -0.4 is 0 Å². The molecule has 0 aromatic rings. The maximum absolute atomic E-state index is 2.64. The van der Waals surface area contributed by atoms with Gasteiger partial charge in [-0.3, -0.25) is 4.90 Å². The average molecular weight is 240 g/mol. The minimum atomic E-state index is 0.696. The highest BCUT2D eigenvalue weighted by atomic mass is 15.3. The predicted octanol–water partition coefficient (Wildman–Crippen LogP) is 3.08. The van der Waals surface area contributed by atoms with Crippen molar-refractivity contribution >= 4 is 0 Å². The quantitative estimate of drug-likeness (QED) is 0.728. The highest BCUT2D eigenvalue weighted by molar-refractivity contribution is 4.85. The van der Waals surface area contributed by atoms with Crippen molar-refractivity contribution in [2.45, 2.75) is 59.5 Å². The molecule has 102 valence electrons. The Labute approximate surface area is 108 Å². The van der Waals surface area contributed by atoms with Crippen LogP contribution in [0.15, 0.2) is 0 Å². The SMILES string of the molecule is CCC(C)CC(C)C1CN(C(C)C)CCN1C. The van der Waals surface area contributed by atoms with Crippen LogP contribution in [-0.4, -0.2) is 48.6 Å². The summed E-state index contributed by atoms with van der Waals surface area (Å²) in [6.07, 6.45) is 2.69. The Morgan fingerprint density at radius 3 is 2.29 bits per heavy atom. The topological polar surface area (TPSA) is 6.48 Å². The van der Waals surface area contributed by atoms with Crippen molar-refractivity contribution in [1.82, 2.24) is 9.80 Å². The largest absolute Gasteiger partial charge is 0.301 e. The van der Waals surface area contributed by atoms with Gasteiger partial charge >= 0.3 is 0 Å². The lowest BCUT2D eigenvalue weighted by atomic mass is 9.88. The van der Waals surface area contributed by atoms with Gasteiger partial charge in [0, 0.05) is 31.7 Å². The monoisotopic (exact) mass is 240 g/mol. The maximum atomic E-state index is 2.64. The summed E-state index contributed by atoms with van der Waals surface area (Å²) in [5.41, 5.74) is 0. The zero-order chi connectivity index (χ0) is 13.0. The first-order chi connectivity index (χ1) is 7.95. The number of nitrogens with zero attached hydrogens (tertiary/aromatic N) is 2. The minimum absolute atomic E-state index is 0.696. The Morgan fingerprint density at radius 1 is 1.12 bits per heavy atom. The van der Waals surface area contributed by atoms with Crippen LogP contribution in [-0.2, 0) is 0 Å². The first-order valence-electron chi connectivity index (χ1n) is 7.40. The number of rotatable bonds is 5. The van der Waals surface area contributed by atoms with Gasteiger partial charge in [-0.15, -0.1) is 0 Å². The van der Waals surface area contributed by atoms with Gasteiger partial charge in [-0.05, 0) is 39.2 Å². The van der Waals surface area contributed by atoms with Crippen molar-refractivity contribution < 1.29 is 0 Å². The first kappa shape index (κ1) is 15.0. The van der Waals surface area contributed by atoms with E-state index in [9.17, 15) is 0 Å². The van der Waals surface area contributed by atoms with Gasteiger partial charge in [-0.1, -0.05) is 27.2 Å². The van der Waals surface area contributed by atoms with Gasteiger partial charge in [-0.2, -0.15) is 0 Å². The van der Waals surface area contributed by atoms with Gasteiger partial charge in [0.2, 0.25) is 0 Å². The third-order valence-corrected chi connectivity index (χ3v) is 4.59. The van der Waals surface area contributed by atoms with E-state index in [4.69, 9.17) is 0 Å². The van der Waals surface area contributed by atoms with E-state index in [0.717, 1.165) is 17.9 Å². The molecule has 2 heteroatoms. The van der Waals surface area contributed by atoms with Gasteiger partial charge in [0.15, 0.2) is 0 Å². The van der Waals surface area contributed by atoms with Crippen molar-refractivity contribution in [3.05, 3.63) is 0 Å². The van der Waals surface area contributed by atoms with Crippen molar-refractivity contribution in [2.24, 2.45) is 11.8 Å². The Kier molecular flexibility index (Phi) is 5.94. The molecule has 3 atom stereocenters. The van der Waals surface area contributed by atoms with E-state index in [1.807, 2.05) is 0 Å². The third kappa shape index (κ3) is 4.26. The van der Waals surface area contributed by atoms with Crippen molar-refractivity contribution in [3.8, 4) is 0 Å². The van der Waals surface area contributed by atoms with Gasteiger partial charge < -0.3 is 4.90 Å². The summed E-state index contributed by atoms with van der Waals surface area (Å²) in [4.78, 5) is 5.21. The fraction of sp³-hybridized carbons (Fsp3) is 1.00. The molecular weight excluding hydrogens is 208 g/mol. The van der Waals surface area contributed by atoms with Crippen molar-refractivity contribution in [3.63, 3.8) is 0 Å². The molecule has 0 saturated carbocycles. The molecule has 1 saturated heterocycles. The summed E-state index contributed by atoms with van der Waals surface area (Å²) >= 11 is 0. The van der Waals surface area contributed by atoms with Gasteiger partial charge in [0.25, 0.3) is 0 Å². The van der Waals surface area contributed by atoms with E-state index in [1.165, 1.54) is 32.5 Å². The molecule has 2 nitrogen and oxygen atoms in total. The van der Waals surface area contributed by atoms with Gasteiger partial charge in [0.1, 0.15) is 0 Å². The maximum Gasteiger partial charge on any atom is 0.0246 e. The van der Waals surface area contributed by atoms with Gasteiger partial charge in [-0.25, -0.2) is 0 Å². The fourth-order valence-electron chi connectivity index (χ4n) is 2.96. The lowest BCUT2D eigenvalue weighted by Gasteiger charge is -2.44. The van der Waals surface area contributed by atoms with E-state index < -0.39 is 0 Å². The lowest BCUT2D eigenvalue weighted by Crippen LogP contribution is -2.55. The third-order valence-electron chi connectivity index (χ3n) is 4.59. The predicted molar refractivity (Wildman–Crippen MR) is 76.4 cm³/mol. The van der Waals surface area contributed by atoms with Crippen LogP contribution in [0.25, 0.3) is 0 Å². The lowest BCUT2D eigenvalue weighted by molar-refractivity contribution is 0.0428. The molecule has 1 aliphatic rings. The highest BCUT2D eigenvalue weighted by Gasteiger charge is 2.29. The molecule has 17 heavy (non-hydrogen) atoms. The zero-order valence-corrected chi connectivity index (χ0v) is 12.7. The van der Waals surface area contributed by atoms with Crippen LogP contribution >= 0.6 is 0 Å². The summed E-state index contributed by atoms with van der Waals surface area (Å²) in [5, 5.41) is 0. The second-order valence-electron chi connectivity index (χ2n) is 6.36. The van der Waals surface area contributed by atoms with Gasteiger partial charge in [0.05, 0.1) is 0 Å². The highest BCUT2D eigenvalue weighted by Crippen LogP contribution is 2.24. The molecule has 0 amide bonds. The second-order valence-corrected chi connectivity index (χ2v) is 6.36. The van der Waals surface area contributed by atoms with Crippen molar-refractivity contribution in [2.75, 3.05) is 26.7 Å². The molecule has 1 heterocycles. The van der Waals surface area contributed by atoms with E-state index in [0.29, 0.717) is 6.04 Å². The van der Waals surface area contributed by atoms with E-state index in [1.54, 1.807) is 0 Å². The molecule has 0 radical (unpaired) electrons. The van der Waals surface area contributed by atoms with Crippen LogP contribution in [0.3, 0.4) is 0 Å². The molecule has 0 aromatic carbocycles. The normalized spacial score (nSPS) is 27.4. The first-order valence-corrected chi connectivity index (χ1v) is 7.40. The number of hydrogen-bond donors (Lipinski definition) is 0. The number of likely N-dealkylation sites (N-methyl/N-ethyl adjacent to an activating group) is 1. The molecule has 1 fully saturated rings.